The molecule has 1 aromatic heterocycles. The van der Waals surface area contributed by atoms with Crippen molar-refractivity contribution in [1.82, 2.24) is 9.47 Å². The second kappa shape index (κ2) is 9.96. The van der Waals surface area contributed by atoms with Gasteiger partial charge in [0.15, 0.2) is 0 Å². The molecular weight excluding hydrogens is 485 g/mol. The van der Waals surface area contributed by atoms with E-state index >= 15 is 0 Å². The average Bonchev–Trinajstić information content (AvgIpc) is 3.21. The van der Waals surface area contributed by atoms with E-state index in [2.05, 4.69) is 4.74 Å². The molecule has 194 valence electrons. The molecule has 2 N–H and O–H groups in total. The van der Waals surface area contributed by atoms with E-state index in [1.165, 1.54) is 22.8 Å². The lowest BCUT2D eigenvalue weighted by molar-refractivity contribution is -0.274. The fourth-order valence-corrected chi connectivity index (χ4v) is 4.80. The molecule has 0 radical (unpaired) electrons. The highest BCUT2D eigenvalue weighted by Gasteiger charge is 2.35. The average molecular weight is 511 g/mol. The summed E-state index contributed by atoms with van der Waals surface area (Å²) in [6.07, 6.45) is -2.83. The van der Waals surface area contributed by atoms with Gasteiger partial charge in [0.25, 0.3) is 5.91 Å². The van der Waals surface area contributed by atoms with Gasteiger partial charge in [-0.25, -0.2) is 8.78 Å². The maximum Gasteiger partial charge on any atom is 0.573 e. The smallest absolute Gasteiger partial charge is 0.405 e. The van der Waals surface area contributed by atoms with Crippen LogP contribution in [-0.4, -0.2) is 48.5 Å². The second-order valence-corrected chi connectivity index (χ2v) is 8.85. The Morgan fingerprint density at radius 2 is 1.86 bits per heavy atom. The predicted molar refractivity (Wildman–Crippen MR) is 124 cm³/mol. The number of fused-ring (bicyclic) bond motifs is 1. The number of aromatic nitrogens is 1. The van der Waals surface area contributed by atoms with Gasteiger partial charge < -0.3 is 24.7 Å². The Morgan fingerprint density at radius 1 is 1.17 bits per heavy atom. The van der Waals surface area contributed by atoms with Crippen molar-refractivity contribution in [3.63, 3.8) is 0 Å². The van der Waals surface area contributed by atoms with Gasteiger partial charge in [0, 0.05) is 38.6 Å². The highest BCUT2D eigenvalue weighted by atomic mass is 19.4. The number of ether oxygens (including phenoxy) is 2. The fraction of sp³-hybridized carbons (Fsp3) is 0.400. The summed E-state index contributed by atoms with van der Waals surface area (Å²) in [5, 5.41) is -0.256. The van der Waals surface area contributed by atoms with Crippen LogP contribution in [0.2, 0.25) is 0 Å². The lowest BCUT2D eigenvalue weighted by Crippen LogP contribution is -2.38. The molecule has 6 nitrogen and oxygen atoms in total. The number of alkyl halides is 3. The molecule has 2 heterocycles. The normalized spacial score (nSPS) is 15.0. The van der Waals surface area contributed by atoms with Gasteiger partial charge >= 0.3 is 6.36 Å². The van der Waals surface area contributed by atoms with Crippen molar-refractivity contribution in [2.75, 3.05) is 32.5 Å². The SMILES string of the molecule is COCCn1cc(C(=O)N2CCC(c3cc(N)cc(C)c3F)CC2)c2c(OC(F)(F)F)ccc(F)c21. The molecule has 3 aromatic rings. The summed E-state index contributed by atoms with van der Waals surface area (Å²) < 4.78 is 79.2. The van der Waals surface area contributed by atoms with E-state index < -0.39 is 23.8 Å². The zero-order valence-corrected chi connectivity index (χ0v) is 19.8. The van der Waals surface area contributed by atoms with E-state index in [0.29, 0.717) is 29.7 Å². The first-order valence-corrected chi connectivity index (χ1v) is 11.4. The minimum absolute atomic E-state index is 0.107. The molecule has 0 unspecified atom stereocenters. The Bertz CT molecular complexity index is 1280. The molecule has 1 saturated heterocycles. The number of nitrogens with two attached hydrogens (primary N) is 1. The molecule has 1 fully saturated rings. The summed E-state index contributed by atoms with van der Waals surface area (Å²) in [7, 11) is 1.43. The van der Waals surface area contributed by atoms with Crippen LogP contribution in [0.3, 0.4) is 0 Å². The minimum Gasteiger partial charge on any atom is -0.405 e. The second-order valence-electron chi connectivity index (χ2n) is 8.85. The quantitative estimate of drug-likeness (QED) is 0.357. The summed E-state index contributed by atoms with van der Waals surface area (Å²) >= 11 is 0. The fourth-order valence-electron chi connectivity index (χ4n) is 4.80. The van der Waals surface area contributed by atoms with Gasteiger partial charge in [-0.15, -0.1) is 13.2 Å². The summed E-state index contributed by atoms with van der Waals surface area (Å²) in [5.74, 6) is -2.51. The van der Waals surface area contributed by atoms with Gasteiger partial charge in [-0.2, -0.15) is 0 Å². The van der Waals surface area contributed by atoms with Crippen molar-refractivity contribution in [3.05, 3.63) is 58.8 Å². The van der Waals surface area contributed by atoms with Crippen LogP contribution in [0.4, 0.5) is 27.6 Å². The van der Waals surface area contributed by atoms with Crippen molar-refractivity contribution in [3.8, 4) is 5.75 Å². The van der Waals surface area contributed by atoms with E-state index in [-0.39, 0.29) is 54.4 Å². The first kappa shape index (κ1) is 25.7. The van der Waals surface area contributed by atoms with Gasteiger partial charge in [-0.1, -0.05) is 0 Å². The van der Waals surface area contributed by atoms with Gasteiger partial charge in [0.2, 0.25) is 0 Å². The first-order valence-electron chi connectivity index (χ1n) is 11.4. The van der Waals surface area contributed by atoms with Crippen LogP contribution in [0.15, 0.2) is 30.5 Å². The molecule has 1 aliphatic heterocycles. The lowest BCUT2D eigenvalue weighted by Gasteiger charge is -2.32. The maximum atomic E-state index is 14.8. The molecule has 0 aliphatic carbocycles. The molecule has 1 amide bonds. The molecule has 0 spiro atoms. The number of amides is 1. The Labute approximate surface area is 204 Å². The number of benzene rings is 2. The third-order valence-electron chi connectivity index (χ3n) is 6.45. The van der Waals surface area contributed by atoms with Gasteiger partial charge in [0.1, 0.15) is 17.4 Å². The lowest BCUT2D eigenvalue weighted by atomic mass is 9.87. The Kier molecular flexibility index (Phi) is 7.12. The molecular formula is C25H26F5N3O3. The van der Waals surface area contributed by atoms with Crippen LogP contribution in [0, 0.1) is 18.6 Å². The van der Waals surface area contributed by atoms with Crippen molar-refractivity contribution in [1.29, 1.82) is 0 Å². The van der Waals surface area contributed by atoms with E-state index in [0.717, 1.165) is 12.1 Å². The summed E-state index contributed by atoms with van der Waals surface area (Å²) in [4.78, 5) is 15.0. The number of anilines is 1. The van der Waals surface area contributed by atoms with Crippen molar-refractivity contribution in [2.45, 2.75) is 38.6 Å². The van der Waals surface area contributed by atoms with Gasteiger partial charge in [-0.3, -0.25) is 4.79 Å². The van der Waals surface area contributed by atoms with Crippen LogP contribution < -0.4 is 10.5 Å². The predicted octanol–water partition coefficient (Wildman–Crippen LogP) is 5.37. The van der Waals surface area contributed by atoms with E-state index in [9.17, 15) is 26.7 Å². The molecule has 11 heteroatoms. The van der Waals surface area contributed by atoms with Gasteiger partial charge in [0.05, 0.1) is 23.1 Å². The summed E-state index contributed by atoms with van der Waals surface area (Å²) in [6.45, 7) is 2.38. The number of carbonyl (C=O) groups is 1. The van der Waals surface area contributed by atoms with Gasteiger partial charge in [-0.05, 0) is 61.1 Å². The van der Waals surface area contributed by atoms with Crippen molar-refractivity contribution >= 4 is 22.5 Å². The van der Waals surface area contributed by atoms with Crippen LogP contribution in [0.25, 0.3) is 10.9 Å². The molecule has 0 saturated carbocycles. The largest absolute Gasteiger partial charge is 0.573 e. The standard InChI is InChI=1S/C25H26F5N3O3/c1-14-11-16(31)12-17(22(14)27)15-5-7-32(8-6-15)24(34)18-13-33(9-10-35-2)23-19(26)3-4-20(21(18)23)36-25(28,29)30/h3-4,11-13,15H,5-10,31H2,1-2H3. The number of rotatable bonds is 6. The number of nitrogen functional groups attached to an aromatic ring is 1. The number of methoxy groups -OCH3 is 1. The monoisotopic (exact) mass is 511 g/mol. The van der Waals surface area contributed by atoms with Crippen LogP contribution in [0.1, 0.15) is 40.2 Å². The third kappa shape index (κ3) is 5.11. The number of carbonyl (C=O) groups excluding carboxylic acids is 1. The summed E-state index contributed by atoms with van der Waals surface area (Å²) in [5.41, 5.74) is 6.97. The number of hydrogen-bond acceptors (Lipinski definition) is 4. The van der Waals surface area contributed by atoms with Crippen LogP contribution in [0.5, 0.6) is 5.75 Å². The number of halogens is 5. The molecule has 4 rings (SSSR count). The van der Waals surface area contributed by atoms with E-state index in [4.69, 9.17) is 10.5 Å². The molecule has 36 heavy (non-hydrogen) atoms. The first-order chi connectivity index (χ1) is 17.0. The third-order valence-corrected chi connectivity index (χ3v) is 6.45. The number of hydrogen-bond donors (Lipinski definition) is 1. The number of likely N-dealkylation sites (tertiary alicyclic amines) is 1. The summed E-state index contributed by atoms with van der Waals surface area (Å²) in [6, 6.07) is 4.88. The topological polar surface area (TPSA) is 69.7 Å². The van der Waals surface area contributed by atoms with E-state index in [1.54, 1.807) is 19.1 Å². The number of aryl methyl sites for hydroxylation is 1. The molecule has 0 bridgehead atoms. The van der Waals surface area contributed by atoms with Crippen LogP contribution in [-0.2, 0) is 11.3 Å². The zero-order chi connectivity index (χ0) is 26.2. The molecule has 2 aromatic carbocycles. The van der Waals surface area contributed by atoms with E-state index in [1.807, 2.05) is 0 Å². The maximum absolute atomic E-state index is 14.8. The zero-order valence-electron chi connectivity index (χ0n) is 19.8. The minimum atomic E-state index is -5.03. The molecule has 1 aliphatic rings. The highest BCUT2D eigenvalue weighted by Crippen LogP contribution is 2.38. The Hall–Kier alpha value is -3.34. The Morgan fingerprint density at radius 3 is 2.50 bits per heavy atom. The number of piperidine rings is 1. The Balaban J connectivity index is 1.66. The van der Waals surface area contributed by atoms with Crippen molar-refractivity contribution < 1.29 is 36.2 Å². The molecule has 0 atom stereocenters. The number of nitrogens with zero attached hydrogens (tertiary/aromatic N) is 2. The highest BCUT2D eigenvalue weighted by molar-refractivity contribution is 6.09. The van der Waals surface area contributed by atoms with Crippen molar-refractivity contribution in [2.24, 2.45) is 0 Å². The van der Waals surface area contributed by atoms with Crippen LogP contribution >= 0.6 is 0 Å².